The second-order valence-corrected chi connectivity index (χ2v) is 3.79. The molecule has 2 aromatic heterocycles. The van der Waals surface area contributed by atoms with E-state index in [0.717, 1.165) is 16.8 Å². The Bertz CT molecular complexity index is 672. The second kappa shape index (κ2) is 5.25. The summed E-state index contributed by atoms with van der Waals surface area (Å²) in [4.78, 5) is 34.2. The minimum absolute atomic E-state index is 0.295. The molecule has 0 aromatic carbocycles. The van der Waals surface area contributed by atoms with Crippen molar-refractivity contribution in [1.29, 1.82) is 0 Å². The number of H-pyrrole nitrogens is 2. The predicted molar refractivity (Wildman–Crippen MR) is 62.1 cm³/mol. The summed E-state index contributed by atoms with van der Waals surface area (Å²) in [5.74, 6) is -0.136. The van der Waals surface area contributed by atoms with Crippen molar-refractivity contribution in [3.63, 3.8) is 0 Å². The van der Waals surface area contributed by atoms with Crippen molar-refractivity contribution in [3.05, 3.63) is 38.7 Å². The van der Waals surface area contributed by atoms with Crippen molar-refractivity contribution in [3.8, 4) is 0 Å². The van der Waals surface area contributed by atoms with Gasteiger partial charge in [0.05, 0.1) is 6.04 Å². The van der Waals surface area contributed by atoms with Gasteiger partial charge in [-0.25, -0.2) is 4.68 Å². The smallest absolute Gasteiger partial charge is 0.265 e. The molecule has 10 nitrogen and oxygen atoms in total. The van der Waals surface area contributed by atoms with Gasteiger partial charge in [-0.2, -0.15) is 5.21 Å². The minimum atomic E-state index is -0.470. The highest BCUT2D eigenvalue weighted by Crippen LogP contribution is 2.02. The van der Waals surface area contributed by atoms with E-state index in [9.17, 15) is 14.4 Å². The molecule has 10 heteroatoms. The number of aromatic amines is 2. The third kappa shape index (κ3) is 3.12. The number of hydrogen-bond acceptors (Lipinski definition) is 6. The largest absolute Gasteiger partial charge is 0.345 e. The van der Waals surface area contributed by atoms with Gasteiger partial charge in [0.1, 0.15) is 6.54 Å². The molecule has 0 radical (unpaired) electrons. The van der Waals surface area contributed by atoms with Crippen LogP contribution in [0, 0.1) is 0 Å². The Hall–Kier alpha value is -2.78. The number of carbonyl (C=O) groups excluding carboxylic acids is 1. The van der Waals surface area contributed by atoms with Gasteiger partial charge in [-0.3, -0.25) is 19.5 Å². The molecule has 2 rings (SSSR count). The average Bonchev–Trinajstić information content (AvgIpc) is 2.87. The third-order valence-electron chi connectivity index (χ3n) is 2.32. The summed E-state index contributed by atoms with van der Waals surface area (Å²) >= 11 is 0. The Balaban J connectivity index is 2.04. The summed E-state index contributed by atoms with van der Waals surface area (Å²) in [6.45, 7) is 1.37. The highest BCUT2D eigenvalue weighted by Gasteiger charge is 2.14. The molecule has 0 bridgehead atoms. The Morgan fingerprint density at radius 3 is 2.95 bits per heavy atom. The van der Waals surface area contributed by atoms with Crippen LogP contribution in [-0.4, -0.2) is 36.3 Å². The van der Waals surface area contributed by atoms with Crippen LogP contribution >= 0.6 is 0 Å². The summed E-state index contributed by atoms with van der Waals surface area (Å²) in [7, 11) is 0. The fourth-order valence-corrected chi connectivity index (χ4v) is 1.43. The molecule has 2 heterocycles. The summed E-state index contributed by atoms with van der Waals surface area (Å²) in [5, 5.41) is 17.9. The first kappa shape index (κ1) is 12.7. The number of hydrogen-bond donors (Lipinski definition) is 3. The standard InChI is InChI=1S/C9H11N7O3/c1-5(9-11-14-15-12-9)10-7(18)4-16-8(19)3-2-6(17)13-16/h2-3,5H,4H2,1H3,(H,10,18)(H,13,17)(H,11,12,14,15). The summed E-state index contributed by atoms with van der Waals surface area (Å²) in [6, 6.07) is 1.73. The first-order valence-electron chi connectivity index (χ1n) is 5.39. The monoisotopic (exact) mass is 265 g/mol. The van der Waals surface area contributed by atoms with Gasteiger partial charge in [0, 0.05) is 12.1 Å². The molecule has 2 aromatic rings. The lowest BCUT2D eigenvalue weighted by atomic mass is 10.3. The molecular weight excluding hydrogens is 254 g/mol. The maximum Gasteiger partial charge on any atom is 0.265 e. The topological polar surface area (TPSA) is 138 Å². The molecule has 3 N–H and O–H groups in total. The van der Waals surface area contributed by atoms with Crippen molar-refractivity contribution < 1.29 is 4.79 Å². The third-order valence-corrected chi connectivity index (χ3v) is 2.32. The van der Waals surface area contributed by atoms with Gasteiger partial charge in [-0.15, -0.1) is 10.2 Å². The van der Waals surface area contributed by atoms with E-state index in [1.54, 1.807) is 6.92 Å². The zero-order chi connectivity index (χ0) is 13.8. The van der Waals surface area contributed by atoms with Crippen LogP contribution in [-0.2, 0) is 11.3 Å². The Morgan fingerprint density at radius 1 is 1.47 bits per heavy atom. The maximum atomic E-state index is 11.7. The highest BCUT2D eigenvalue weighted by atomic mass is 16.2. The van der Waals surface area contributed by atoms with E-state index in [2.05, 4.69) is 31.0 Å². The number of carbonyl (C=O) groups is 1. The maximum absolute atomic E-state index is 11.7. The van der Waals surface area contributed by atoms with Crippen LogP contribution in [0.4, 0.5) is 0 Å². The van der Waals surface area contributed by atoms with Gasteiger partial charge in [0.25, 0.3) is 11.1 Å². The lowest BCUT2D eigenvalue weighted by Gasteiger charge is -2.10. The van der Waals surface area contributed by atoms with E-state index in [4.69, 9.17) is 0 Å². The number of tetrazole rings is 1. The summed E-state index contributed by atoms with van der Waals surface area (Å²) < 4.78 is 0.917. The molecule has 0 aliphatic rings. The lowest BCUT2D eigenvalue weighted by molar-refractivity contribution is -0.122. The molecule has 0 saturated heterocycles. The fraction of sp³-hybridized carbons (Fsp3) is 0.333. The molecule has 1 atom stereocenters. The molecular formula is C9H11N7O3. The number of rotatable bonds is 4. The molecule has 19 heavy (non-hydrogen) atoms. The highest BCUT2D eigenvalue weighted by molar-refractivity contribution is 5.75. The number of amides is 1. The number of aromatic nitrogens is 6. The van der Waals surface area contributed by atoms with Crippen molar-refractivity contribution in [2.24, 2.45) is 0 Å². The van der Waals surface area contributed by atoms with E-state index >= 15 is 0 Å². The van der Waals surface area contributed by atoms with E-state index < -0.39 is 23.1 Å². The van der Waals surface area contributed by atoms with E-state index in [-0.39, 0.29) is 6.54 Å². The fourth-order valence-electron chi connectivity index (χ4n) is 1.43. The van der Waals surface area contributed by atoms with Crippen LogP contribution in [0.3, 0.4) is 0 Å². The van der Waals surface area contributed by atoms with Crippen molar-refractivity contribution in [2.45, 2.75) is 19.5 Å². The van der Waals surface area contributed by atoms with Crippen LogP contribution in [0.15, 0.2) is 21.7 Å². The molecule has 1 unspecified atom stereocenters. The van der Waals surface area contributed by atoms with Gasteiger partial charge < -0.3 is 5.32 Å². The lowest BCUT2D eigenvalue weighted by Crippen LogP contribution is -2.37. The predicted octanol–water partition coefficient (Wildman–Crippen LogP) is -2.07. The van der Waals surface area contributed by atoms with Crippen molar-refractivity contribution in [1.82, 2.24) is 35.7 Å². The molecule has 0 aliphatic carbocycles. The van der Waals surface area contributed by atoms with Crippen LogP contribution in [0.5, 0.6) is 0 Å². The Kier molecular flexibility index (Phi) is 3.50. The van der Waals surface area contributed by atoms with Crippen LogP contribution in [0.25, 0.3) is 0 Å². The van der Waals surface area contributed by atoms with Gasteiger partial charge in [-0.05, 0) is 6.92 Å². The van der Waals surface area contributed by atoms with Gasteiger partial charge >= 0.3 is 0 Å². The first-order chi connectivity index (χ1) is 9.06. The molecule has 0 aliphatic heterocycles. The zero-order valence-corrected chi connectivity index (χ0v) is 9.95. The van der Waals surface area contributed by atoms with Crippen LogP contribution in [0.2, 0.25) is 0 Å². The first-order valence-corrected chi connectivity index (χ1v) is 5.39. The molecule has 0 spiro atoms. The molecule has 1 amide bonds. The Morgan fingerprint density at radius 2 is 2.26 bits per heavy atom. The van der Waals surface area contributed by atoms with Crippen molar-refractivity contribution >= 4 is 5.91 Å². The molecule has 0 fully saturated rings. The van der Waals surface area contributed by atoms with E-state index in [1.807, 2.05) is 0 Å². The zero-order valence-electron chi connectivity index (χ0n) is 9.95. The van der Waals surface area contributed by atoms with Gasteiger partial charge in [-0.1, -0.05) is 5.21 Å². The summed E-state index contributed by atoms with van der Waals surface area (Å²) in [5.41, 5.74) is -0.930. The number of nitrogens with one attached hydrogen (secondary N) is 3. The number of nitrogens with zero attached hydrogens (tertiary/aromatic N) is 4. The SMILES string of the molecule is CC(NC(=O)Cn1[nH]c(=O)ccc1=O)c1nn[nH]n1. The van der Waals surface area contributed by atoms with Gasteiger partial charge in [0.2, 0.25) is 5.91 Å². The molecule has 0 saturated carbocycles. The normalized spacial score (nSPS) is 12.1. The Labute approximate surface area is 105 Å². The van der Waals surface area contributed by atoms with Crippen LogP contribution in [0.1, 0.15) is 18.8 Å². The van der Waals surface area contributed by atoms with E-state index in [0.29, 0.717) is 5.82 Å². The van der Waals surface area contributed by atoms with Crippen molar-refractivity contribution in [2.75, 3.05) is 0 Å². The minimum Gasteiger partial charge on any atom is -0.345 e. The van der Waals surface area contributed by atoms with Gasteiger partial charge in [0.15, 0.2) is 5.82 Å². The van der Waals surface area contributed by atoms with E-state index in [1.165, 1.54) is 0 Å². The quantitative estimate of drug-likeness (QED) is 0.580. The summed E-state index contributed by atoms with van der Waals surface area (Å²) in [6.07, 6.45) is 0. The second-order valence-electron chi connectivity index (χ2n) is 3.79. The average molecular weight is 265 g/mol. The van der Waals surface area contributed by atoms with Crippen LogP contribution < -0.4 is 16.4 Å². The molecule has 100 valence electrons.